The van der Waals surface area contributed by atoms with E-state index in [0.717, 1.165) is 33.5 Å². The fraction of sp³-hybridized carbons (Fsp3) is 0.179. The van der Waals surface area contributed by atoms with Crippen LogP contribution in [0.15, 0.2) is 89.9 Å². The Hall–Kier alpha value is -3.74. The number of nitrogens with zero attached hydrogens (tertiary/aromatic N) is 4. The van der Waals surface area contributed by atoms with Gasteiger partial charge in [-0.2, -0.15) is 5.10 Å². The molecule has 0 aliphatic heterocycles. The minimum atomic E-state index is -0.0425. The van der Waals surface area contributed by atoms with Gasteiger partial charge in [-0.15, -0.1) is 0 Å². The predicted molar refractivity (Wildman–Crippen MR) is 140 cm³/mol. The molecular formula is C28H26ClN5O. The highest BCUT2D eigenvalue weighted by Crippen LogP contribution is 2.25. The first-order chi connectivity index (χ1) is 17.0. The fourth-order valence-corrected chi connectivity index (χ4v) is 4.45. The molecule has 0 spiro atoms. The average Bonchev–Trinajstić information content (AvgIpc) is 3.38. The van der Waals surface area contributed by atoms with Gasteiger partial charge in [0, 0.05) is 34.9 Å². The minimum Gasteiger partial charge on any atom is -0.302 e. The summed E-state index contributed by atoms with van der Waals surface area (Å²) in [5.74, 6) is 0. The summed E-state index contributed by atoms with van der Waals surface area (Å²) in [6.45, 7) is 2.97. The average molecular weight is 484 g/mol. The Kier molecular flexibility index (Phi) is 6.49. The molecule has 0 radical (unpaired) electrons. The molecule has 0 aliphatic rings. The molecule has 1 atom stereocenters. The molecule has 5 rings (SSSR count). The van der Waals surface area contributed by atoms with E-state index in [1.165, 1.54) is 0 Å². The SMILES string of the molecule is CC(c1cc(-c2ccccc2)n[nH]1)N(C)Cc1cc2ccc(Cl)cc2n(Cc2ccccn2)c1=O. The number of pyridine rings is 2. The number of hydrogen-bond acceptors (Lipinski definition) is 4. The summed E-state index contributed by atoms with van der Waals surface area (Å²) >= 11 is 6.28. The Labute approximate surface area is 208 Å². The number of halogens is 1. The quantitative estimate of drug-likeness (QED) is 0.323. The molecule has 1 N–H and O–H groups in total. The number of nitrogens with one attached hydrogen (secondary N) is 1. The molecule has 5 aromatic rings. The van der Waals surface area contributed by atoms with Gasteiger partial charge in [0.15, 0.2) is 0 Å². The van der Waals surface area contributed by atoms with Crippen LogP contribution in [0.1, 0.15) is 29.9 Å². The van der Waals surface area contributed by atoms with E-state index < -0.39 is 0 Å². The van der Waals surface area contributed by atoms with E-state index in [4.69, 9.17) is 11.6 Å². The first-order valence-electron chi connectivity index (χ1n) is 11.5. The van der Waals surface area contributed by atoms with Crippen LogP contribution >= 0.6 is 11.6 Å². The van der Waals surface area contributed by atoms with Crippen LogP contribution in [0.2, 0.25) is 5.02 Å². The van der Waals surface area contributed by atoms with Crippen LogP contribution in [0.25, 0.3) is 22.2 Å². The highest BCUT2D eigenvalue weighted by molar-refractivity contribution is 6.31. The summed E-state index contributed by atoms with van der Waals surface area (Å²) in [5.41, 5.74) is 5.26. The normalized spacial score (nSPS) is 12.3. The number of aromatic amines is 1. The summed E-state index contributed by atoms with van der Waals surface area (Å²) in [4.78, 5) is 20.2. The van der Waals surface area contributed by atoms with E-state index in [1.807, 2.05) is 79.8 Å². The molecule has 0 saturated heterocycles. The Morgan fingerprint density at radius 2 is 1.83 bits per heavy atom. The Morgan fingerprint density at radius 1 is 1.03 bits per heavy atom. The van der Waals surface area contributed by atoms with Gasteiger partial charge in [0.25, 0.3) is 5.56 Å². The molecule has 0 fully saturated rings. The van der Waals surface area contributed by atoms with Gasteiger partial charge in [0.1, 0.15) is 0 Å². The lowest BCUT2D eigenvalue weighted by Gasteiger charge is -2.24. The zero-order chi connectivity index (χ0) is 24.4. The molecule has 3 heterocycles. The molecule has 3 aromatic heterocycles. The van der Waals surface area contributed by atoms with Gasteiger partial charge in [0.05, 0.1) is 29.1 Å². The topological polar surface area (TPSA) is 66.8 Å². The maximum atomic E-state index is 13.6. The number of benzene rings is 2. The molecular weight excluding hydrogens is 458 g/mol. The molecule has 0 amide bonds. The van der Waals surface area contributed by atoms with E-state index in [9.17, 15) is 4.79 Å². The van der Waals surface area contributed by atoms with E-state index in [-0.39, 0.29) is 11.6 Å². The molecule has 0 saturated carbocycles. The zero-order valence-corrected chi connectivity index (χ0v) is 20.4. The van der Waals surface area contributed by atoms with Gasteiger partial charge in [0.2, 0.25) is 0 Å². The Bertz CT molecular complexity index is 1510. The van der Waals surface area contributed by atoms with E-state index in [1.54, 1.807) is 10.8 Å². The lowest BCUT2D eigenvalue weighted by molar-refractivity contribution is 0.247. The zero-order valence-electron chi connectivity index (χ0n) is 19.6. The molecule has 6 nitrogen and oxygen atoms in total. The summed E-state index contributed by atoms with van der Waals surface area (Å²) in [5, 5.41) is 9.22. The third-order valence-corrected chi connectivity index (χ3v) is 6.61. The van der Waals surface area contributed by atoms with Crippen LogP contribution < -0.4 is 5.56 Å². The van der Waals surface area contributed by atoms with Crippen molar-refractivity contribution < 1.29 is 0 Å². The van der Waals surface area contributed by atoms with Crippen LogP contribution in [0.3, 0.4) is 0 Å². The van der Waals surface area contributed by atoms with Crippen molar-refractivity contribution in [3.63, 3.8) is 0 Å². The largest absolute Gasteiger partial charge is 0.302 e. The van der Waals surface area contributed by atoms with E-state index >= 15 is 0 Å². The second-order valence-electron chi connectivity index (χ2n) is 8.75. The Balaban J connectivity index is 1.46. The molecule has 7 heteroatoms. The predicted octanol–water partition coefficient (Wildman–Crippen LogP) is 5.68. The van der Waals surface area contributed by atoms with Crippen LogP contribution in [-0.4, -0.2) is 31.7 Å². The summed E-state index contributed by atoms with van der Waals surface area (Å²) in [6.07, 6.45) is 1.74. The molecule has 0 bridgehead atoms. The second-order valence-corrected chi connectivity index (χ2v) is 9.19. The third kappa shape index (κ3) is 4.90. The lowest BCUT2D eigenvalue weighted by Crippen LogP contribution is -2.30. The van der Waals surface area contributed by atoms with E-state index in [0.29, 0.717) is 23.7 Å². The highest BCUT2D eigenvalue weighted by Gasteiger charge is 2.18. The maximum absolute atomic E-state index is 13.6. The fourth-order valence-electron chi connectivity index (χ4n) is 4.28. The number of fused-ring (bicyclic) bond motifs is 1. The van der Waals surface area contributed by atoms with Crippen molar-refractivity contribution in [2.45, 2.75) is 26.1 Å². The number of hydrogen-bond donors (Lipinski definition) is 1. The van der Waals surface area contributed by atoms with Crippen molar-refractivity contribution in [2.24, 2.45) is 0 Å². The van der Waals surface area contributed by atoms with Crippen molar-refractivity contribution in [3.8, 4) is 11.3 Å². The van der Waals surface area contributed by atoms with Gasteiger partial charge < -0.3 is 4.57 Å². The van der Waals surface area contributed by atoms with E-state index in [2.05, 4.69) is 33.1 Å². The summed E-state index contributed by atoms with van der Waals surface area (Å²) in [7, 11) is 2.02. The molecule has 0 aliphatic carbocycles. The molecule has 2 aromatic carbocycles. The first-order valence-corrected chi connectivity index (χ1v) is 11.9. The minimum absolute atomic E-state index is 0.0320. The summed E-state index contributed by atoms with van der Waals surface area (Å²) in [6, 6.07) is 25.5. The molecule has 35 heavy (non-hydrogen) atoms. The summed E-state index contributed by atoms with van der Waals surface area (Å²) < 4.78 is 1.76. The monoisotopic (exact) mass is 483 g/mol. The van der Waals surface area contributed by atoms with Gasteiger partial charge in [-0.3, -0.25) is 19.8 Å². The van der Waals surface area contributed by atoms with Crippen molar-refractivity contribution in [2.75, 3.05) is 7.05 Å². The third-order valence-electron chi connectivity index (χ3n) is 6.38. The van der Waals surface area contributed by atoms with Crippen LogP contribution in [0.5, 0.6) is 0 Å². The lowest BCUT2D eigenvalue weighted by atomic mass is 10.1. The first kappa shape index (κ1) is 23.0. The van der Waals surface area contributed by atoms with Crippen molar-refractivity contribution in [1.82, 2.24) is 24.6 Å². The number of aromatic nitrogens is 4. The van der Waals surface area contributed by atoms with Gasteiger partial charge in [-0.1, -0.05) is 54.1 Å². The smallest absolute Gasteiger partial charge is 0.255 e. The molecule has 1 unspecified atom stereocenters. The number of rotatable bonds is 7. The van der Waals surface area contributed by atoms with Crippen LogP contribution in [-0.2, 0) is 13.1 Å². The van der Waals surface area contributed by atoms with Crippen molar-refractivity contribution in [3.05, 3.63) is 117 Å². The maximum Gasteiger partial charge on any atom is 0.255 e. The van der Waals surface area contributed by atoms with Gasteiger partial charge in [-0.25, -0.2) is 0 Å². The standard InChI is InChI=1S/C28H26ClN5O/c1-19(25-16-26(32-31-25)20-8-4-3-5-9-20)33(2)17-22-14-21-11-12-23(29)15-27(21)34(28(22)35)18-24-10-6-7-13-30-24/h3-16,19H,17-18H2,1-2H3,(H,31,32). The Morgan fingerprint density at radius 3 is 2.60 bits per heavy atom. The molecule has 176 valence electrons. The highest BCUT2D eigenvalue weighted by atomic mass is 35.5. The van der Waals surface area contributed by atoms with Crippen LogP contribution in [0, 0.1) is 0 Å². The second kappa shape index (κ2) is 9.86. The van der Waals surface area contributed by atoms with Crippen LogP contribution in [0.4, 0.5) is 0 Å². The van der Waals surface area contributed by atoms with Gasteiger partial charge in [-0.05, 0) is 55.8 Å². The van der Waals surface area contributed by atoms with Crippen molar-refractivity contribution in [1.29, 1.82) is 0 Å². The van der Waals surface area contributed by atoms with Gasteiger partial charge >= 0.3 is 0 Å². The van der Waals surface area contributed by atoms with Crippen molar-refractivity contribution >= 4 is 22.5 Å². The number of H-pyrrole nitrogens is 1.